The van der Waals surface area contributed by atoms with Crippen molar-refractivity contribution >= 4 is 51.1 Å². The third-order valence-electron chi connectivity index (χ3n) is 7.76. The summed E-state index contributed by atoms with van der Waals surface area (Å²) in [5.41, 5.74) is 4.75. The molecule has 2 aromatic carbocycles. The quantitative estimate of drug-likeness (QED) is 0.135. The summed E-state index contributed by atoms with van der Waals surface area (Å²) in [4.78, 5) is 33.3. The minimum Gasteiger partial charge on any atom is -0.490 e. The highest BCUT2D eigenvalue weighted by Gasteiger charge is 2.36. The zero-order chi connectivity index (χ0) is 32.7. The van der Waals surface area contributed by atoms with Crippen molar-refractivity contribution in [3.05, 3.63) is 62.8 Å². The molecule has 2 heterocycles. The van der Waals surface area contributed by atoms with Crippen molar-refractivity contribution in [1.82, 2.24) is 19.7 Å². The molecule has 0 aliphatic carbocycles. The number of nitrogens with one attached hydrogen (secondary N) is 2. The third-order valence-corrected chi connectivity index (χ3v) is 9.28. The van der Waals surface area contributed by atoms with Crippen molar-refractivity contribution in [1.29, 1.82) is 0 Å². The highest BCUT2D eigenvalue weighted by Crippen LogP contribution is 2.43. The van der Waals surface area contributed by atoms with E-state index in [-0.39, 0.29) is 18.4 Å². The van der Waals surface area contributed by atoms with Crippen LogP contribution in [0.5, 0.6) is 11.5 Å². The lowest BCUT2D eigenvalue weighted by Crippen LogP contribution is -2.34. The van der Waals surface area contributed by atoms with Crippen LogP contribution < -0.4 is 20.1 Å². The molecule has 242 valence electrons. The number of aryl methyl sites for hydroxylation is 1. The van der Waals surface area contributed by atoms with Crippen molar-refractivity contribution in [2.45, 2.75) is 72.5 Å². The van der Waals surface area contributed by atoms with Crippen molar-refractivity contribution < 1.29 is 19.1 Å². The molecule has 0 saturated heterocycles. The second-order valence-corrected chi connectivity index (χ2v) is 12.7. The maximum atomic E-state index is 14.1. The van der Waals surface area contributed by atoms with Gasteiger partial charge in [0.2, 0.25) is 11.1 Å². The van der Waals surface area contributed by atoms with Gasteiger partial charge in [0.15, 0.2) is 18.1 Å². The summed E-state index contributed by atoms with van der Waals surface area (Å²) in [5, 5.41) is 12.0. The number of rotatable bonds is 14. The Morgan fingerprint density at radius 3 is 2.56 bits per heavy atom. The van der Waals surface area contributed by atoms with Crippen LogP contribution in [0.2, 0.25) is 0 Å². The van der Waals surface area contributed by atoms with E-state index in [1.807, 2.05) is 71.9 Å². The number of aromatic nitrogens is 3. The van der Waals surface area contributed by atoms with Crippen LogP contribution >= 0.6 is 27.7 Å². The molecule has 10 nitrogen and oxygen atoms in total. The number of hydrogen-bond acceptors (Lipinski definition) is 8. The zero-order valence-corrected chi connectivity index (χ0v) is 29.5. The molecule has 2 amide bonds. The zero-order valence-electron chi connectivity index (χ0n) is 27.1. The average molecular weight is 700 g/mol. The maximum absolute atomic E-state index is 14.1. The molecule has 0 bridgehead atoms. The predicted octanol–water partition coefficient (Wildman–Crippen LogP) is 7.12. The molecule has 1 aliphatic heterocycles. The van der Waals surface area contributed by atoms with E-state index in [0.29, 0.717) is 58.0 Å². The van der Waals surface area contributed by atoms with E-state index in [0.717, 1.165) is 41.0 Å². The number of likely N-dealkylation sites (N-methyl/N-ethyl adjacent to an activating group) is 1. The van der Waals surface area contributed by atoms with Gasteiger partial charge in [-0.1, -0.05) is 37.2 Å². The first-order chi connectivity index (χ1) is 21.6. The summed E-state index contributed by atoms with van der Waals surface area (Å²) in [6, 6.07) is 8.98. The third kappa shape index (κ3) is 7.84. The van der Waals surface area contributed by atoms with E-state index in [9.17, 15) is 9.59 Å². The molecular weight excluding hydrogens is 656 g/mol. The highest BCUT2D eigenvalue weighted by molar-refractivity contribution is 9.10. The number of amides is 2. The Kier molecular flexibility index (Phi) is 12.0. The largest absolute Gasteiger partial charge is 0.490 e. The second kappa shape index (κ2) is 15.7. The Balaban J connectivity index is 1.79. The molecule has 0 spiro atoms. The van der Waals surface area contributed by atoms with Gasteiger partial charge in [-0.15, -0.1) is 5.10 Å². The van der Waals surface area contributed by atoms with E-state index < -0.39 is 6.04 Å². The predicted molar refractivity (Wildman–Crippen MR) is 183 cm³/mol. The molecule has 1 unspecified atom stereocenters. The fraction of sp³-hybridized carbons (Fsp3) is 0.455. The molecule has 3 aromatic rings. The number of carbonyl (C=O) groups excluding carboxylic acids is 2. The van der Waals surface area contributed by atoms with Crippen LogP contribution in [0.25, 0.3) is 0 Å². The van der Waals surface area contributed by atoms with E-state index in [4.69, 9.17) is 19.6 Å². The summed E-state index contributed by atoms with van der Waals surface area (Å²) in [6.07, 6.45) is 2.13. The van der Waals surface area contributed by atoms with Crippen LogP contribution in [0.3, 0.4) is 0 Å². The van der Waals surface area contributed by atoms with Gasteiger partial charge >= 0.3 is 0 Å². The highest BCUT2D eigenvalue weighted by atomic mass is 79.9. The van der Waals surface area contributed by atoms with Gasteiger partial charge in [-0.05, 0) is 98.8 Å². The molecule has 1 atom stereocenters. The monoisotopic (exact) mass is 698 g/mol. The number of benzene rings is 2. The number of fused-ring (bicyclic) bond motifs is 1. The number of thioether (sulfide) groups is 1. The fourth-order valence-corrected chi connectivity index (χ4v) is 6.62. The number of ether oxygens (including phenoxy) is 2. The van der Waals surface area contributed by atoms with E-state index >= 15 is 0 Å². The van der Waals surface area contributed by atoms with Gasteiger partial charge in [-0.2, -0.15) is 4.98 Å². The molecule has 0 radical (unpaired) electrons. The standard InChI is InChI=1S/C33H43BrN6O4S/c1-8-12-16-45-33-37-32-35-22(7)28(31(42)36-25-15-13-14-20(5)21(25)6)29(40(32)38-33)23-17-24(34)30(26(18-23)43-11-4)44-19-27(41)39(9-2)10-3/h13-15,17-18,29H,8-12,16,19H2,1-7H3,(H,36,42)(H,35,37,38). The molecule has 1 aliphatic rings. The molecule has 45 heavy (non-hydrogen) atoms. The number of anilines is 2. The Morgan fingerprint density at radius 1 is 1.11 bits per heavy atom. The van der Waals surface area contributed by atoms with E-state index in [1.54, 1.807) is 21.3 Å². The molecule has 4 rings (SSSR count). The summed E-state index contributed by atoms with van der Waals surface area (Å²) >= 11 is 5.27. The van der Waals surface area contributed by atoms with Gasteiger partial charge in [-0.3, -0.25) is 9.59 Å². The average Bonchev–Trinajstić information content (AvgIpc) is 3.41. The van der Waals surface area contributed by atoms with Gasteiger partial charge in [0.1, 0.15) is 6.04 Å². The lowest BCUT2D eigenvalue weighted by Gasteiger charge is -2.29. The summed E-state index contributed by atoms with van der Waals surface area (Å²) in [5.74, 6) is 1.97. The molecule has 1 aromatic heterocycles. The number of carbonyl (C=O) groups is 2. The van der Waals surface area contributed by atoms with Gasteiger partial charge < -0.3 is 25.0 Å². The molecule has 0 saturated carbocycles. The minimum atomic E-state index is -0.624. The van der Waals surface area contributed by atoms with E-state index in [2.05, 4.69) is 33.5 Å². The molecule has 2 N–H and O–H groups in total. The van der Waals surface area contributed by atoms with Crippen molar-refractivity contribution in [2.75, 3.05) is 42.7 Å². The Labute approximate surface area is 278 Å². The van der Waals surface area contributed by atoms with E-state index in [1.165, 1.54) is 0 Å². The van der Waals surface area contributed by atoms with Crippen LogP contribution in [0, 0.1) is 13.8 Å². The number of unbranched alkanes of at least 4 members (excludes halogenated alkanes) is 1. The molecule has 0 fully saturated rings. The van der Waals surface area contributed by atoms with Gasteiger partial charge in [0, 0.05) is 30.2 Å². The second-order valence-electron chi connectivity index (χ2n) is 10.8. The summed E-state index contributed by atoms with van der Waals surface area (Å²) in [6.45, 7) is 15.3. The van der Waals surface area contributed by atoms with Gasteiger partial charge in [0.05, 0.1) is 16.7 Å². The van der Waals surface area contributed by atoms with Crippen LogP contribution in [0.4, 0.5) is 11.6 Å². The number of halogens is 1. The smallest absolute Gasteiger partial charge is 0.260 e. The maximum Gasteiger partial charge on any atom is 0.260 e. The summed E-state index contributed by atoms with van der Waals surface area (Å²) < 4.78 is 14.4. The Bertz CT molecular complexity index is 1570. The minimum absolute atomic E-state index is 0.110. The van der Waals surface area contributed by atoms with Crippen LogP contribution in [-0.4, -0.2) is 63.5 Å². The Morgan fingerprint density at radius 2 is 1.87 bits per heavy atom. The number of allylic oxidation sites excluding steroid dienone is 1. The van der Waals surface area contributed by atoms with Crippen LogP contribution in [-0.2, 0) is 9.59 Å². The lowest BCUT2D eigenvalue weighted by atomic mass is 9.94. The van der Waals surface area contributed by atoms with Crippen molar-refractivity contribution in [3.8, 4) is 11.5 Å². The first-order valence-electron chi connectivity index (χ1n) is 15.4. The van der Waals surface area contributed by atoms with Gasteiger partial charge in [-0.25, -0.2) is 4.68 Å². The van der Waals surface area contributed by atoms with Crippen molar-refractivity contribution in [3.63, 3.8) is 0 Å². The normalized spacial score (nSPS) is 14.1. The lowest BCUT2D eigenvalue weighted by molar-refractivity contribution is -0.133. The van der Waals surface area contributed by atoms with Gasteiger partial charge in [0.25, 0.3) is 11.8 Å². The SMILES string of the molecule is CCCCSc1nc2n(n1)C(c1cc(Br)c(OCC(=O)N(CC)CC)c(OCC)c1)C(C(=O)Nc1cccc(C)c1C)=C(C)N2. The summed E-state index contributed by atoms with van der Waals surface area (Å²) in [7, 11) is 0. The first kappa shape index (κ1) is 34.4. The topological polar surface area (TPSA) is 111 Å². The number of hydrogen-bond donors (Lipinski definition) is 2. The molecular formula is C33H43BrN6O4S. The van der Waals surface area contributed by atoms with Crippen molar-refractivity contribution in [2.24, 2.45) is 0 Å². The molecule has 12 heteroatoms. The van der Waals surface area contributed by atoms with Crippen LogP contribution in [0.15, 0.2) is 51.2 Å². The van der Waals surface area contributed by atoms with Crippen LogP contribution in [0.1, 0.15) is 70.2 Å². The first-order valence-corrected chi connectivity index (χ1v) is 17.2. The number of nitrogens with zero attached hydrogens (tertiary/aromatic N) is 4. The fourth-order valence-electron chi connectivity index (χ4n) is 5.13. The Hall–Kier alpha value is -3.51.